The first-order valence-electron chi connectivity index (χ1n) is 6.65. The van der Waals surface area contributed by atoms with Crippen molar-refractivity contribution in [3.05, 3.63) is 35.2 Å². The first-order chi connectivity index (χ1) is 10.0. The fourth-order valence-corrected chi connectivity index (χ4v) is 1.75. The highest BCUT2D eigenvalue weighted by molar-refractivity contribution is 5.55. The molecule has 0 spiro atoms. The van der Waals surface area contributed by atoms with Crippen molar-refractivity contribution in [2.75, 3.05) is 13.2 Å². The molecule has 0 saturated heterocycles. The molecule has 0 fully saturated rings. The van der Waals surface area contributed by atoms with Crippen LogP contribution in [0.25, 0.3) is 11.5 Å². The highest BCUT2D eigenvalue weighted by atomic mass is 19.1. The smallest absolute Gasteiger partial charge is 0.260 e. The molecule has 0 amide bonds. The van der Waals surface area contributed by atoms with Crippen LogP contribution in [0.5, 0.6) is 0 Å². The Morgan fingerprint density at radius 1 is 1.33 bits per heavy atom. The maximum absolute atomic E-state index is 13.8. The standard InChI is InChI=1S/C14H17F2N3O2/c1-3-4-20-7-12(17)13-18-14(21-19-13)9-5-8(2)10(15)6-11(9)16/h5-6,12H,3-4,7,17H2,1-2H3. The van der Waals surface area contributed by atoms with Crippen molar-refractivity contribution in [1.82, 2.24) is 10.1 Å². The van der Waals surface area contributed by atoms with Crippen LogP contribution in [0.15, 0.2) is 16.7 Å². The van der Waals surface area contributed by atoms with Gasteiger partial charge < -0.3 is 15.0 Å². The van der Waals surface area contributed by atoms with E-state index in [0.717, 1.165) is 12.5 Å². The van der Waals surface area contributed by atoms with Crippen LogP contribution in [-0.2, 0) is 4.74 Å². The molecule has 5 nitrogen and oxygen atoms in total. The number of nitrogens with zero attached hydrogens (tertiary/aromatic N) is 2. The Kier molecular flexibility index (Phi) is 4.98. The lowest BCUT2D eigenvalue weighted by Crippen LogP contribution is -2.18. The van der Waals surface area contributed by atoms with Gasteiger partial charge in [0.1, 0.15) is 11.6 Å². The van der Waals surface area contributed by atoms with Gasteiger partial charge in [0.05, 0.1) is 18.2 Å². The van der Waals surface area contributed by atoms with Gasteiger partial charge in [-0.3, -0.25) is 0 Å². The Labute approximate surface area is 121 Å². The second-order valence-electron chi connectivity index (χ2n) is 4.72. The Bertz CT molecular complexity index is 616. The lowest BCUT2D eigenvalue weighted by Gasteiger charge is -2.06. The summed E-state index contributed by atoms with van der Waals surface area (Å²) in [5.41, 5.74) is 6.20. The molecule has 0 aliphatic carbocycles. The topological polar surface area (TPSA) is 74.2 Å². The molecule has 2 rings (SSSR count). The Morgan fingerprint density at radius 3 is 2.81 bits per heavy atom. The summed E-state index contributed by atoms with van der Waals surface area (Å²) in [6.07, 6.45) is 0.879. The minimum Gasteiger partial charge on any atom is -0.379 e. The van der Waals surface area contributed by atoms with Gasteiger partial charge in [-0.1, -0.05) is 12.1 Å². The van der Waals surface area contributed by atoms with E-state index in [0.29, 0.717) is 12.2 Å². The Morgan fingerprint density at radius 2 is 2.10 bits per heavy atom. The zero-order valence-corrected chi connectivity index (χ0v) is 11.9. The van der Waals surface area contributed by atoms with E-state index in [2.05, 4.69) is 10.1 Å². The van der Waals surface area contributed by atoms with E-state index in [1.807, 2.05) is 6.92 Å². The minimum absolute atomic E-state index is 0.0310. The van der Waals surface area contributed by atoms with Crippen LogP contribution in [0.2, 0.25) is 0 Å². The first-order valence-corrected chi connectivity index (χ1v) is 6.65. The number of aryl methyl sites for hydroxylation is 1. The Balaban J connectivity index is 2.18. The summed E-state index contributed by atoms with van der Waals surface area (Å²) < 4.78 is 37.3. The van der Waals surface area contributed by atoms with Crippen molar-refractivity contribution in [3.8, 4) is 11.5 Å². The van der Waals surface area contributed by atoms with E-state index in [1.165, 1.54) is 13.0 Å². The van der Waals surface area contributed by atoms with Crippen molar-refractivity contribution in [2.45, 2.75) is 26.3 Å². The zero-order valence-electron chi connectivity index (χ0n) is 11.9. The highest BCUT2D eigenvalue weighted by Gasteiger charge is 2.19. The average molecular weight is 297 g/mol. The van der Waals surface area contributed by atoms with E-state index in [1.54, 1.807) is 0 Å². The molecule has 7 heteroatoms. The van der Waals surface area contributed by atoms with Gasteiger partial charge in [0, 0.05) is 12.7 Å². The molecule has 1 unspecified atom stereocenters. The van der Waals surface area contributed by atoms with Gasteiger partial charge in [0.15, 0.2) is 5.82 Å². The molecular weight excluding hydrogens is 280 g/mol. The van der Waals surface area contributed by atoms with Crippen molar-refractivity contribution >= 4 is 0 Å². The van der Waals surface area contributed by atoms with Crippen molar-refractivity contribution in [1.29, 1.82) is 0 Å². The number of benzene rings is 1. The SMILES string of the molecule is CCCOCC(N)c1noc(-c2cc(C)c(F)cc2F)n1. The van der Waals surface area contributed by atoms with Gasteiger partial charge in [-0.15, -0.1) is 0 Å². The van der Waals surface area contributed by atoms with Gasteiger partial charge in [-0.05, 0) is 25.0 Å². The molecule has 0 bridgehead atoms. The molecule has 2 N–H and O–H groups in total. The van der Waals surface area contributed by atoms with Crippen LogP contribution in [-0.4, -0.2) is 23.4 Å². The van der Waals surface area contributed by atoms with Gasteiger partial charge in [0.2, 0.25) is 0 Å². The molecule has 0 aliphatic rings. The van der Waals surface area contributed by atoms with Crippen LogP contribution in [0.3, 0.4) is 0 Å². The number of halogens is 2. The lowest BCUT2D eigenvalue weighted by atomic mass is 10.1. The second-order valence-corrected chi connectivity index (χ2v) is 4.72. The van der Waals surface area contributed by atoms with Crippen LogP contribution in [0.1, 0.15) is 30.8 Å². The minimum atomic E-state index is -0.760. The summed E-state index contributed by atoms with van der Waals surface area (Å²) in [4.78, 5) is 4.05. The predicted molar refractivity (Wildman–Crippen MR) is 72.4 cm³/mol. The quantitative estimate of drug-likeness (QED) is 0.830. The molecule has 1 aromatic heterocycles. The summed E-state index contributed by atoms with van der Waals surface area (Å²) in [7, 11) is 0. The molecule has 0 aliphatic heterocycles. The number of hydrogen-bond acceptors (Lipinski definition) is 5. The molecule has 1 atom stereocenters. The van der Waals surface area contributed by atoms with E-state index >= 15 is 0 Å². The van der Waals surface area contributed by atoms with Crippen LogP contribution >= 0.6 is 0 Å². The molecule has 0 radical (unpaired) electrons. The Hall–Kier alpha value is -1.86. The molecule has 114 valence electrons. The number of ether oxygens (including phenoxy) is 1. The normalized spacial score (nSPS) is 12.6. The average Bonchev–Trinajstić information content (AvgIpc) is 2.92. The fourth-order valence-electron chi connectivity index (χ4n) is 1.75. The number of aromatic nitrogens is 2. The molecule has 1 aromatic carbocycles. The number of nitrogens with two attached hydrogens (primary N) is 1. The maximum Gasteiger partial charge on any atom is 0.260 e. The summed E-state index contributed by atoms with van der Waals surface area (Å²) in [6, 6.07) is 1.55. The van der Waals surface area contributed by atoms with Crippen LogP contribution in [0.4, 0.5) is 8.78 Å². The van der Waals surface area contributed by atoms with Gasteiger partial charge >= 0.3 is 0 Å². The highest BCUT2D eigenvalue weighted by Crippen LogP contribution is 2.24. The molecule has 1 heterocycles. The van der Waals surface area contributed by atoms with E-state index in [-0.39, 0.29) is 23.9 Å². The third-order valence-corrected chi connectivity index (χ3v) is 2.90. The van der Waals surface area contributed by atoms with Crippen LogP contribution < -0.4 is 5.73 Å². The number of hydrogen-bond donors (Lipinski definition) is 1. The van der Waals surface area contributed by atoms with Crippen LogP contribution in [0, 0.1) is 18.6 Å². The molecule has 21 heavy (non-hydrogen) atoms. The molecule has 2 aromatic rings. The maximum atomic E-state index is 13.8. The van der Waals surface area contributed by atoms with Crippen molar-refractivity contribution < 1.29 is 18.0 Å². The molecule has 0 saturated carbocycles. The fraction of sp³-hybridized carbons (Fsp3) is 0.429. The summed E-state index contributed by atoms with van der Waals surface area (Å²) in [5, 5.41) is 3.71. The first kappa shape index (κ1) is 15.5. The predicted octanol–water partition coefficient (Wildman–Crippen LogP) is 2.75. The summed E-state index contributed by atoms with van der Waals surface area (Å²) in [6.45, 7) is 4.35. The van der Waals surface area contributed by atoms with Crippen molar-refractivity contribution in [3.63, 3.8) is 0 Å². The third-order valence-electron chi connectivity index (χ3n) is 2.90. The van der Waals surface area contributed by atoms with Gasteiger partial charge in [-0.25, -0.2) is 8.78 Å². The van der Waals surface area contributed by atoms with Gasteiger partial charge in [-0.2, -0.15) is 4.98 Å². The molecular formula is C14H17F2N3O2. The van der Waals surface area contributed by atoms with E-state index < -0.39 is 17.7 Å². The number of rotatable bonds is 6. The zero-order chi connectivity index (χ0) is 15.4. The summed E-state index contributed by atoms with van der Waals surface area (Å²) >= 11 is 0. The monoisotopic (exact) mass is 297 g/mol. The largest absolute Gasteiger partial charge is 0.379 e. The van der Waals surface area contributed by atoms with E-state index in [4.69, 9.17) is 15.0 Å². The van der Waals surface area contributed by atoms with Gasteiger partial charge in [0.25, 0.3) is 5.89 Å². The lowest BCUT2D eigenvalue weighted by molar-refractivity contribution is 0.119. The second kappa shape index (κ2) is 6.73. The third kappa shape index (κ3) is 3.62. The summed E-state index contributed by atoms with van der Waals surface area (Å²) in [5.74, 6) is -1.19. The van der Waals surface area contributed by atoms with Crippen molar-refractivity contribution in [2.24, 2.45) is 5.73 Å². The van der Waals surface area contributed by atoms with E-state index in [9.17, 15) is 8.78 Å².